The number of carbonyl (C=O) groups excluding carboxylic acids is 1. The first-order valence-corrected chi connectivity index (χ1v) is 5.62. The number of benzene rings is 1. The zero-order valence-electron chi connectivity index (χ0n) is 9.03. The van der Waals surface area contributed by atoms with Crippen LogP contribution in [0.5, 0.6) is 0 Å². The monoisotopic (exact) mass is 218 g/mol. The average molecular weight is 218 g/mol. The molecule has 16 heavy (non-hydrogen) atoms. The van der Waals surface area contributed by atoms with E-state index in [1.807, 2.05) is 18.2 Å². The standard InChI is InChI=1S/C12H14N2O2/c15-12(14-4-1-5-16-14)9-2-3-10-7-13-8-11(10)6-9/h2-3,6,13H,1,4-5,7-8H2. The fraction of sp³-hybridized carbons (Fsp3) is 0.417. The van der Waals surface area contributed by atoms with Gasteiger partial charge in [0.15, 0.2) is 0 Å². The lowest BCUT2D eigenvalue weighted by Crippen LogP contribution is -2.26. The largest absolute Gasteiger partial charge is 0.309 e. The molecule has 0 unspecified atom stereocenters. The average Bonchev–Trinajstić information content (AvgIpc) is 2.98. The molecule has 2 aliphatic heterocycles. The van der Waals surface area contributed by atoms with Gasteiger partial charge in [-0.2, -0.15) is 0 Å². The first-order chi connectivity index (χ1) is 7.84. The van der Waals surface area contributed by atoms with Crippen LogP contribution in [0.3, 0.4) is 0 Å². The minimum Gasteiger partial charge on any atom is -0.309 e. The van der Waals surface area contributed by atoms with Gasteiger partial charge < -0.3 is 5.32 Å². The normalized spacial score (nSPS) is 18.9. The van der Waals surface area contributed by atoms with Crippen molar-refractivity contribution in [1.82, 2.24) is 10.4 Å². The van der Waals surface area contributed by atoms with E-state index in [1.165, 1.54) is 16.2 Å². The van der Waals surface area contributed by atoms with E-state index >= 15 is 0 Å². The summed E-state index contributed by atoms with van der Waals surface area (Å²) in [7, 11) is 0. The second-order valence-electron chi connectivity index (χ2n) is 4.18. The molecule has 0 bridgehead atoms. The number of nitrogens with zero attached hydrogens (tertiary/aromatic N) is 1. The zero-order chi connectivity index (χ0) is 11.0. The van der Waals surface area contributed by atoms with Gasteiger partial charge in [0.05, 0.1) is 13.2 Å². The van der Waals surface area contributed by atoms with Crippen LogP contribution in [0.25, 0.3) is 0 Å². The van der Waals surface area contributed by atoms with Gasteiger partial charge in [-0.15, -0.1) is 0 Å². The fourth-order valence-electron chi connectivity index (χ4n) is 2.18. The van der Waals surface area contributed by atoms with Gasteiger partial charge in [0, 0.05) is 18.7 Å². The molecule has 1 saturated heterocycles. The van der Waals surface area contributed by atoms with Gasteiger partial charge in [0.2, 0.25) is 0 Å². The Morgan fingerprint density at radius 1 is 1.31 bits per heavy atom. The summed E-state index contributed by atoms with van der Waals surface area (Å²) in [5, 5.41) is 4.73. The smallest absolute Gasteiger partial charge is 0.277 e. The van der Waals surface area contributed by atoms with E-state index < -0.39 is 0 Å². The summed E-state index contributed by atoms with van der Waals surface area (Å²) in [6.07, 6.45) is 0.929. The second kappa shape index (κ2) is 3.88. The van der Waals surface area contributed by atoms with Crippen LogP contribution < -0.4 is 5.32 Å². The highest BCUT2D eigenvalue weighted by Crippen LogP contribution is 2.19. The van der Waals surface area contributed by atoms with Gasteiger partial charge in [0.1, 0.15) is 0 Å². The van der Waals surface area contributed by atoms with Crippen molar-refractivity contribution in [3.63, 3.8) is 0 Å². The number of carbonyl (C=O) groups is 1. The maximum absolute atomic E-state index is 12.0. The quantitative estimate of drug-likeness (QED) is 0.766. The molecule has 0 spiro atoms. The van der Waals surface area contributed by atoms with E-state index in [2.05, 4.69) is 5.32 Å². The Bertz CT molecular complexity index is 425. The van der Waals surface area contributed by atoms with Gasteiger partial charge in [-0.3, -0.25) is 9.63 Å². The third-order valence-electron chi connectivity index (χ3n) is 3.06. The molecule has 0 saturated carbocycles. The van der Waals surface area contributed by atoms with Crippen molar-refractivity contribution in [3.8, 4) is 0 Å². The Balaban J connectivity index is 1.86. The van der Waals surface area contributed by atoms with E-state index in [-0.39, 0.29) is 5.91 Å². The van der Waals surface area contributed by atoms with Crippen LogP contribution in [-0.2, 0) is 17.9 Å². The Morgan fingerprint density at radius 2 is 2.19 bits per heavy atom. The first kappa shape index (κ1) is 9.81. The maximum atomic E-state index is 12.0. The first-order valence-electron chi connectivity index (χ1n) is 5.62. The highest BCUT2D eigenvalue weighted by atomic mass is 16.7. The number of hydroxylamine groups is 2. The van der Waals surface area contributed by atoms with E-state index in [0.717, 1.165) is 25.1 Å². The molecule has 3 rings (SSSR count). The topological polar surface area (TPSA) is 41.6 Å². The lowest BCUT2D eigenvalue weighted by Gasteiger charge is -2.14. The summed E-state index contributed by atoms with van der Waals surface area (Å²) in [6.45, 7) is 3.12. The van der Waals surface area contributed by atoms with E-state index in [0.29, 0.717) is 13.2 Å². The van der Waals surface area contributed by atoms with Crippen molar-refractivity contribution in [2.45, 2.75) is 19.5 Å². The van der Waals surface area contributed by atoms with Crippen LogP contribution in [0, 0.1) is 0 Å². The molecule has 0 atom stereocenters. The molecule has 2 heterocycles. The van der Waals surface area contributed by atoms with Gasteiger partial charge in [-0.05, 0) is 29.7 Å². The van der Waals surface area contributed by atoms with Gasteiger partial charge in [0.25, 0.3) is 5.91 Å². The molecule has 0 aliphatic carbocycles. The Kier molecular flexibility index (Phi) is 2.38. The summed E-state index contributed by atoms with van der Waals surface area (Å²) in [5.41, 5.74) is 3.24. The molecule has 0 aromatic heterocycles. The van der Waals surface area contributed by atoms with Crippen LogP contribution >= 0.6 is 0 Å². The van der Waals surface area contributed by atoms with Crippen molar-refractivity contribution in [3.05, 3.63) is 34.9 Å². The minimum absolute atomic E-state index is 0.0211. The third kappa shape index (κ3) is 1.60. The molecule has 4 heteroatoms. The Labute approximate surface area is 94.1 Å². The van der Waals surface area contributed by atoms with Crippen LogP contribution in [0.1, 0.15) is 27.9 Å². The lowest BCUT2D eigenvalue weighted by molar-refractivity contribution is -0.0768. The van der Waals surface area contributed by atoms with Crippen molar-refractivity contribution in [1.29, 1.82) is 0 Å². The molecular formula is C12H14N2O2. The van der Waals surface area contributed by atoms with Crippen molar-refractivity contribution in [2.75, 3.05) is 13.2 Å². The fourth-order valence-corrected chi connectivity index (χ4v) is 2.18. The van der Waals surface area contributed by atoms with E-state index in [9.17, 15) is 4.79 Å². The van der Waals surface area contributed by atoms with Gasteiger partial charge >= 0.3 is 0 Å². The van der Waals surface area contributed by atoms with Crippen molar-refractivity contribution in [2.24, 2.45) is 0 Å². The van der Waals surface area contributed by atoms with Crippen LogP contribution in [-0.4, -0.2) is 24.1 Å². The molecule has 4 nitrogen and oxygen atoms in total. The Hall–Kier alpha value is -1.39. The molecular weight excluding hydrogens is 204 g/mol. The highest BCUT2D eigenvalue weighted by Gasteiger charge is 2.22. The molecule has 2 aliphatic rings. The number of amides is 1. The van der Waals surface area contributed by atoms with Crippen LogP contribution in [0.15, 0.2) is 18.2 Å². The second-order valence-corrected chi connectivity index (χ2v) is 4.18. The Morgan fingerprint density at radius 3 is 3.00 bits per heavy atom. The number of hydrogen-bond acceptors (Lipinski definition) is 3. The molecule has 1 amide bonds. The summed E-state index contributed by atoms with van der Waals surface area (Å²) in [6, 6.07) is 5.88. The number of nitrogens with one attached hydrogen (secondary N) is 1. The minimum atomic E-state index is -0.0211. The molecule has 1 N–H and O–H groups in total. The zero-order valence-corrected chi connectivity index (χ0v) is 9.03. The molecule has 84 valence electrons. The van der Waals surface area contributed by atoms with Crippen molar-refractivity contribution < 1.29 is 9.63 Å². The lowest BCUT2D eigenvalue weighted by atomic mass is 10.1. The maximum Gasteiger partial charge on any atom is 0.277 e. The highest BCUT2D eigenvalue weighted by molar-refractivity contribution is 5.94. The third-order valence-corrected chi connectivity index (χ3v) is 3.06. The van der Waals surface area contributed by atoms with Crippen LogP contribution in [0.2, 0.25) is 0 Å². The molecule has 1 aromatic rings. The predicted molar refractivity (Wildman–Crippen MR) is 58.6 cm³/mol. The number of rotatable bonds is 1. The summed E-state index contributed by atoms with van der Waals surface area (Å²) >= 11 is 0. The summed E-state index contributed by atoms with van der Waals surface area (Å²) in [5.74, 6) is -0.0211. The number of fused-ring (bicyclic) bond motifs is 1. The predicted octanol–water partition coefficient (Wildman–Crippen LogP) is 1.07. The van der Waals surface area contributed by atoms with E-state index in [1.54, 1.807) is 0 Å². The number of hydrogen-bond donors (Lipinski definition) is 1. The SMILES string of the molecule is O=C(c1ccc2c(c1)CNC2)N1CCCO1. The van der Waals surface area contributed by atoms with Crippen molar-refractivity contribution >= 4 is 5.91 Å². The van der Waals surface area contributed by atoms with Crippen LogP contribution in [0.4, 0.5) is 0 Å². The molecule has 1 fully saturated rings. The summed E-state index contributed by atoms with van der Waals surface area (Å²) < 4.78 is 0. The summed E-state index contributed by atoms with van der Waals surface area (Å²) in [4.78, 5) is 17.3. The molecule has 1 aromatic carbocycles. The van der Waals surface area contributed by atoms with E-state index in [4.69, 9.17) is 4.84 Å². The van der Waals surface area contributed by atoms with Gasteiger partial charge in [-0.25, -0.2) is 5.06 Å². The van der Waals surface area contributed by atoms with Gasteiger partial charge in [-0.1, -0.05) is 6.07 Å². The molecule has 0 radical (unpaired) electrons.